The quantitative estimate of drug-likeness (QED) is 0.550. The lowest BCUT2D eigenvalue weighted by molar-refractivity contribution is 0.0981. The summed E-state index contributed by atoms with van der Waals surface area (Å²) in [6.45, 7) is 4.02. The molecule has 0 aliphatic carbocycles. The van der Waals surface area contributed by atoms with Gasteiger partial charge in [-0.05, 0) is 31.2 Å². The zero-order chi connectivity index (χ0) is 18.2. The number of benzene rings is 2. The van der Waals surface area contributed by atoms with E-state index < -0.39 is 0 Å². The maximum atomic E-state index is 11.9. The summed E-state index contributed by atoms with van der Waals surface area (Å²) < 4.78 is 11.2. The molecule has 0 bridgehead atoms. The first kappa shape index (κ1) is 18.5. The van der Waals surface area contributed by atoms with Gasteiger partial charge in [-0.25, -0.2) is 0 Å². The number of hydrogen-bond donors (Lipinski definition) is 1. The van der Waals surface area contributed by atoms with Gasteiger partial charge in [0.25, 0.3) is 0 Å². The molecule has 0 radical (unpaired) electrons. The van der Waals surface area contributed by atoms with Crippen molar-refractivity contribution in [2.45, 2.75) is 26.7 Å². The number of para-hydroxylation sites is 1. The number of aromatic hydroxyl groups is 1. The molecule has 0 atom stereocenters. The Morgan fingerprint density at radius 1 is 1.00 bits per heavy atom. The first-order chi connectivity index (χ1) is 12.0. The van der Waals surface area contributed by atoms with E-state index in [0.29, 0.717) is 43.1 Å². The van der Waals surface area contributed by atoms with Crippen molar-refractivity contribution in [1.29, 1.82) is 0 Å². The lowest BCUT2D eigenvalue weighted by Gasteiger charge is -2.11. The summed E-state index contributed by atoms with van der Waals surface area (Å²) in [5.41, 5.74) is 0.864. The van der Waals surface area contributed by atoms with E-state index in [1.807, 2.05) is 19.1 Å². The normalized spacial score (nSPS) is 10.3. The van der Waals surface area contributed by atoms with Crippen LogP contribution >= 0.6 is 0 Å². The Labute approximate surface area is 147 Å². The third kappa shape index (κ3) is 5.08. The van der Waals surface area contributed by atoms with Crippen LogP contribution in [0.2, 0.25) is 0 Å². The van der Waals surface area contributed by atoms with Gasteiger partial charge in [0, 0.05) is 18.9 Å². The highest BCUT2D eigenvalue weighted by Crippen LogP contribution is 2.24. The molecule has 25 heavy (non-hydrogen) atoms. The Balaban J connectivity index is 1.82. The molecule has 5 nitrogen and oxygen atoms in total. The summed E-state index contributed by atoms with van der Waals surface area (Å²) in [4.78, 5) is 23.1. The molecule has 2 rings (SSSR count). The first-order valence-electron chi connectivity index (χ1n) is 8.24. The van der Waals surface area contributed by atoms with E-state index in [1.54, 1.807) is 18.2 Å². The first-order valence-corrected chi connectivity index (χ1v) is 8.24. The van der Waals surface area contributed by atoms with Crippen LogP contribution in [0.15, 0.2) is 42.5 Å². The van der Waals surface area contributed by atoms with E-state index in [1.165, 1.54) is 19.1 Å². The van der Waals surface area contributed by atoms with Crippen molar-refractivity contribution in [3.8, 4) is 17.2 Å². The Hall–Kier alpha value is -2.82. The number of ether oxygens (including phenoxy) is 2. The van der Waals surface area contributed by atoms with E-state index in [9.17, 15) is 14.7 Å². The van der Waals surface area contributed by atoms with Crippen LogP contribution in [0.4, 0.5) is 0 Å². The van der Waals surface area contributed by atoms with Crippen molar-refractivity contribution in [2.24, 2.45) is 0 Å². The fourth-order valence-corrected chi connectivity index (χ4v) is 2.34. The molecule has 1 N–H and O–H groups in total. The van der Waals surface area contributed by atoms with Crippen LogP contribution in [0.25, 0.3) is 0 Å². The number of phenolic OH excluding ortho intramolecular Hbond substituents is 1. The molecule has 5 heteroatoms. The number of Topliss-reactive ketones (excluding diaryl/α,β-unsaturated/α-hetero) is 2. The van der Waals surface area contributed by atoms with Crippen LogP contribution in [-0.4, -0.2) is 29.9 Å². The summed E-state index contributed by atoms with van der Waals surface area (Å²) in [5, 5.41) is 9.76. The second-order valence-corrected chi connectivity index (χ2v) is 5.56. The average Bonchev–Trinajstić information content (AvgIpc) is 2.61. The largest absolute Gasteiger partial charge is 0.507 e. The van der Waals surface area contributed by atoms with Crippen molar-refractivity contribution in [3.05, 3.63) is 53.6 Å². The molecule has 0 saturated heterocycles. The highest BCUT2D eigenvalue weighted by molar-refractivity contribution is 5.98. The number of carbonyl (C=O) groups excluding carboxylic acids is 2. The van der Waals surface area contributed by atoms with Gasteiger partial charge in [0.1, 0.15) is 17.2 Å². The second-order valence-electron chi connectivity index (χ2n) is 5.56. The van der Waals surface area contributed by atoms with Gasteiger partial charge < -0.3 is 14.6 Å². The molecule has 2 aromatic rings. The Kier molecular flexibility index (Phi) is 6.57. The van der Waals surface area contributed by atoms with Crippen LogP contribution in [0.3, 0.4) is 0 Å². The Morgan fingerprint density at radius 3 is 2.40 bits per heavy atom. The standard InChI is InChI=1S/C20H22O5/c1-3-18(22)17-7-4-5-8-20(17)25-12-6-11-24-15-9-10-16(14(2)21)19(23)13-15/h4-5,7-10,13,23H,3,6,11-12H2,1-2H3. The fraction of sp³-hybridized carbons (Fsp3) is 0.300. The molecule has 0 amide bonds. The van der Waals surface area contributed by atoms with Crippen LogP contribution < -0.4 is 9.47 Å². The van der Waals surface area contributed by atoms with Crippen LogP contribution in [0, 0.1) is 0 Å². The van der Waals surface area contributed by atoms with E-state index in [4.69, 9.17) is 9.47 Å². The number of ketones is 2. The minimum absolute atomic E-state index is 0.0490. The van der Waals surface area contributed by atoms with Gasteiger partial charge in [0.15, 0.2) is 11.6 Å². The zero-order valence-electron chi connectivity index (χ0n) is 14.5. The molecule has 0 heterocycles. The van der Waals surface area contributed by atoms with Crippen molar-refractivity contribution >= 4 is 11.6 Å². The minimum Gasteiger partial charge on any atom is -0.507 e. The van der Waals surface area contributed by atoms with Gasteiger partial charge in [-0.3, -0.25) is 9.59 Å². The summed E-state index contributed by atoms with van der Waals surface area (Å²) in [5.74, 6) is 0.834. The molecule has 0 aromatic heterocycles. The van der Waals surface area contributed by atoms with Crippen LogP contribution in [0.1, 0.15) is 47.4 Å². The maximum absolute atomic E-state index is 11.9. The number of hydrogen-bond acceptors (Lipinski definition) is 5. The van der Waals surface area contributed by atoms with Gasteiger partial charge >= 0.3 is 0 Å². The molecule has 0 aliphatic heterocycles. The number of rotatable bonds is 9. The van der Waals surface area contributed by atoms with Gasteiger partial charge in [-0.15, -0.1) is 0 Å². The predicted octanol–water partition coefficient (Wildman–Crippen LogP) is 4.04. The summed E-state index contributed by atoms with van der Waals surface area (Å²) in [7, 11) is 0. The molecule has 0 unspecified atom stereocenters. The Morgan fingerprint density at radius 2 is 1.72 bits per heavy atom. The number of carbonyl (C=O) groups is 2. The predicted molar refractivity (Wildman–Crippen MR) is 94.8 cm³/mol. The van der Waals surface area contributed by atoms with Crippen LogP contribution in [-0.2, 0) is 0 Å². The molecular formula is C20H22O5. The molecule has 2 aromatic carbocycles. The van der Waals surface area contributed by atoms with E-state index in [-0.39, 0.29) is 22.9 Å². The SMILES string of the molecule is CCC(=O)c1ccccc1OCCCOc1ccc(C(C)=O)c(O)c1. The van der Waals surface area contributed by atoms with Gasteiger partial charge in [0.05, 0.1) is 24.3 Å². The molecule has 0 aliphatic rings. The highest BCUT2D eigenvalue weighted by atomic mass is 16.5. The van der Waals surface area contributed by atoms with E-state index >= 15 is 0 Å². The van der Waals surface area contributed by atoms with Crippen molar-refractivity contribution in [1.82, 2.24) is 0 Å². The molecular weight excluding hydrogens is 320 g/mol. The van der Waals surface area contributed by atoms with Gasteiger partial charge in [-0.2, -0.15) is 0 Å². The van der Waals surface area contributed by atoms with Crippen molar-refractivity contribution in [3.63, 3.8) is 0 Å². The zero-order valence-corrected chi connectivity index (χ0v) is 14.5. The second kappa shape index (κ2) is 8.87. The third-order valence-electron chi connectivity index (χ3n) is 3.67. The molecule has 0 saturated carbocycles. The summed E-state index contributed by atoms with van der Waals surface area (Å²) in [6, 6.07) is 11.8. The fourth-order valence-electron chi connectivity index (χ4n) is 2.34. The maximum Gasteiger partial charge on any atom is 0.166 e. The monoisotopic (exact) mass is 342 g/mol. The highest BCUT2D eigenvalue weighted by Gasteiger charge is 2.10. The lowest BCUT2D eigenvalue weighted by Crippen LogP contribution is -2.08. The Bertz CT molecular complexity index is 752. The van der Waals surface area contributed by atoms with Gasteiger partial charge in [0.2, 0.25) is 0 Å². The average molecular weight is 342 g/mol. The minimum atomic E-state index is -0.197. The summed E-state index contributed by atoms with van der Waals surface area (Å²) >= 11 is 0. The van der Waals surface area contributed by atoms with Crippen LogP contribution in [0.5, 0.6) is 17.2 Å². The smallest absolute Gasteiger partial charge is 0.166 e. The van der Waals surface area contributed by atoms with Crippen molar-refractivity contribution < 1.29 is 24.2 Å². The molecule has 132 valence electrons. The third-order valence-corrected chi connectivity index (χ3v) is 3.67. The topological polar surface area (TPSA) is 72.8 Å². The van der Waals surface area contributed by atoms with Crippen molar-refractivity contribution in [2.75, 3.05) is 13.2 Å². The number of phenols is 1. The van der Waals surface area contributed by atoms with E-state index in [2.05, 4.69) is 0 Å². The summed E-state index contributed by atoms with van der Waals surface area (Å²) in [6.07, 6.45) is 1.05. The molecule has 0 fully saturated rings. The van der Waals surface area contributed by atoms with Gasteiger partial charge in [-0.1, -0.05) is 19.1 Å². The lowest BCUT2D eigenvalue weighted by atomic mass is 10.1. The molecule has 0 spiro atoms. The van der Waals surface area contributed by atoms with E-state index in [0.717, 1.165) is 0 Å².